The van der Waals surface area contributed by atoms with Gasteiger partial charge in [0.1, 0.15) is 0 Å². The van der Waals surface area contributed by atoms with Crippen LogP contribution < -0.4 is 0 Å². The lowest BCUT2D eigenvalue weighted by Gasteiger charge is -2.63. The van der Waals surface area contributed by atoms with Crippen LogP contribution in [-0.4, -0.2) is 5.00 Å². The Morgan fingerprint density at radius 3 is 2.37 bits per heavy atom. The highest BCUT2D eigenvalue weighted by Crippen LogP contribution is 2.71. The third-order valence-corrected chi connectivity index (χ3v) is 11.4. The minimum Gasteiger partial charge on any atom is -0.149 e. The fourth-order valence-electron chi connectivity index (χ4n) is 9.35. The van der Waals surface area contributed by atoms with Crippen LogP contribution in [0.25, 0.3) is 0 Å². The Balaban J connectivity index is 1.59. The predicted octanol–water partition coefficient (Wildman–Crippen LogP) is 8.81. The molecular weight excluding hydrogens is 390 g/mol. The van der Waals surface area contributed by atoms with Gasteiger partial charge in [-0.15, -0.1) is 4.91 Å². The van der Waals surface area contributed by atoms with E-state index in [0.29, 0.717) is 34.5 Å². The summed E-state index contributed by atoms with van der Waals surface area (Å²) in [4.78, 5) is 11.4. The zero-order chi connectivity index (χ0) is 21.7. The van der Waals surface area contributed by atoms with E-state index in [0.717, 1.165) is 24.2 Å². The van der Waals surface area contributed by atoms with Gasteiger partial charge in [0.2, 0.25) is 0 Å². The summed E-state index contributed by atoms with van der Waals surface area (Å²) in [5.41, 5.74) is 0.732. The summed E-state index contributed by atoms with van der Waals surface area (Å²) in [5.74, 6) is 4.46. The summed E-state index contributed by atoms with van der Waals surface area (Å²) in [7, 11) is 0. The van der Waals surface area contributed by atoms with Crippen molar-refractivity contribution >= 4 is 11.6 Å². The Morgan fingerprint density at radius 2 is 1.67 bits per heavy atom. The van der Waals surface area contributed by atoms with Crippen molar-refractivity contribution in [3.05, 3.63) is 4.91 Å². The third-order valence-electron chi connectivity index (χ3n) is 11.0. The highest BCUT2D eigenvalue weighted by Gasteiger charge is 2.67. The van der Waals surface area contributed by atoms with Crippen LogP contribution in [0.5, 0.6) is 0 Å². The third kappa shape index (κ3) is 3.60. The molecule has 172 valence electrons. The second-order valence-electron chi connectivity index (χ2n) is 12.8. The maximum atomic E-state index is 12.2. The molecule has 0 spiro atoms. The van der Waals surface area contributed by atoms with E-state index in [1.165, 1.54) is 70.6 Å². The highest BCUT2D eigenvalue weighted by molar-refractivity contribution is 6.24. The molecule has 0 aromatic heterocycles. The zero-order valence-corrected chi connectivity index (χ0v) is 21.0. The number of hydrogen-bond donors (Lipinski definition) is 0. The van der Waals surface area contributed by atoms with Crippen LogP contribution in [0.3, 0.4) is 0 Å². The molecule has 0 aromatic rings. The molecule has 4 fully saturated rings. The van der Waals surface area contributed by atoms with E-state index in [1.54, 1.807) is 0 Å². The van der Waals surface area contributed by atoms with Crippen molar-refractivity contribution in [2.75, 3.05) is 0 Å². The first-order valence-electron chi connectivity index (χ1n) is 13.2. The van der Waals surface area contributed by atoms with E-state index in [1.807, 2.05) is 0 Å². The molecule has 0 heterocycles. The molecule has 0 aromatic carbocycles. The number of nitroso groups, excluding NO2 is 1. The minimum absolute atomic E-state index is 0.294. The van der Waals surface area contributed by atoms with Crippen molar-refractivity contribution in [1.29, 1.82) is 0 Å². The number of nitrogens with zero attached hydrogens (tertiary/aromatic N) is 1. The van der Waals surface area contributed by atoms with Crippen molar-refractivity contribution in [2.45, 2.75) is 117 Å². The van der Waals surface area contributed by atoms with Gasteiger partial charge in [-0.2, -0.15) is 0 Å². The maximum absolute atomic E-state index is 12.2. The number of alkyl halides is 1. The van der Waals surface area contributed by atoms with Crippen LogP contribution in [0.2, 0.25) is 0 Å². The van der Waals surface area contributed by atoms with Gasteiger partial charge in [0.15, 0.2) is 5.00 Å². The summed E-state index contributed by atoms with van der Waals surface area (Å²) in [6, 6.07) is 0. The standard InChI is InChI=1S/C27H46ClNO/c1-18(2)9-8-10-19(3)21-12-13-22-24-23(14-16-26(21,22)5)25(4)15-7-6-11-20(25)17-27(24,28)29-30/h18-24H,6-17H2,1-5H3/t19-,20-,21+,22-,23+,24-,25-,26+,27+/m1/s1. The molecule has 0 saturated heterocycles. The molecular formula is C27H46ClNO. The fraction of sp³-hybridized carbons (Fsp3) is 1.00. The van der Waals surface area contributed by atoms with Crippen LogP contribution in [0, 0.1) is 57.2 Å². The van der Waals surface area contributed by atoms with Crippen LogP contribution in [-0.2, 0) is 0 Å². The van der Waals surface area contributed by atoms with E-state index in [4.69, 9.17) is 11.6 Å². The molecule has 0 aliphatic heterocycles. The van der Waals surface area contributed by atoms with E-state index in [9.17, 15) is 4.91 Å². The number of hydrogen-bond acceptors (Lipinski definition) is 2. The highest BCUT2D eigenvalue weighted by atomic mass is 35.5. The second-order valence-corrected chi connectivity index (χ2v) is 13.5. The Hall–Kier alpha value is -0.110. The Labute approximate surface area is 190 Å². The quantitative estimate of drug-likeness (QED) is 0.232. The first-order chi connectivity index (χ1) is 14.2. The monoisotopic (exact) mass is 435 g/mol. The molecule has 2 nitrogen and oxygen atoms in total. The van der Waals surface area contributed by atoms with E-state index in [2.05, 4.69) is 39.8 Å². The lowest BCUT2D eigenvalue weighted by molar-refractivity contribution is -0.131. The van der Waals surface area contributed by atoms with E-state index in [-0.39, 0.29) is 0 Å². The van der Waals surface area contributed by atoms with E-state index < -0.39 is 5.00 Å². The van der Waals surface area contributed by atoms with Crippen molar-refractivity contribution < 1.29 is 0 Å². The summed E-state index contributed by atoms with van der Waals surface area (Å²) >= 11 is 7.21. The van der Waals surface area contributed by atoms with Crippen molar-refractivity contribution in [2.24, 2.45) is 57.4 Å². The van der Waals surface area contributed by atoms with Crippen LogP contribution >= 0.6 is 11.6 Å². The maximum Gasteiger partial charge on any atom is 0.179 e. The van der Waals surface area contributed by atoms with Crippen molar-refractivity contribution in [3.63, 3.8) is 0 Å². The Morgan fingerprint density at radius 1 is 0.933 bits per heavy atom. The first kappa shape index (κ1) is 23.1. The molecule has 4 aliphatic carbocycles. The SMILES string of the molecule is CC(C)CCC[C@@H](C)[C@@H]1CC[C@@H]2[C@@H]3[C@H](CC[C@]21C)[C@]1(C)CCCC[C@@H]1C[C@]3(Cl)N=O. The van der Waals surface area contributed by atoms with Gasteiger partial charge >= 0.3 is 0 Å². The summed E-state index contributed by atoms with van der Waals surface area (Å²) < 4.78 is 0. The second kappa shape index (κ2) is 8.35. The smallest absolute Gasteiger partial charge is 0.149 e. The van der Waals surface area contributed by atoms with Gasteiger partial charge in [0, 0.05) is 5.92 Å². The number of fused-ring (bicyclic) bond motifs is 5. The topological polar surface area (TPSA) is 29.4 Å². The van der Waals surface area contributed by atoms with Gasteiger partial charge in [-0.1, -0.05) is 78.3 Å². The molecule has 4 aliphatic rings. The molecule has 0 bridgehead atoms. The fourth-order valence-corrected chi connectivity index (χ4v) is 9.84. The molecule has 3 heteroatoms. The van der Waals surface area contributed by atoms with E-state index >= 15 is 0 Å². The first-order valence-corrected chi connectivity index (χ1v) is 13.6. The normalized spacial score (nSPS) is 49.2. The predicted molar refractivity (Wildman–Crippen MR) is 127 cm³/mol. The van der Waals surface area contributed by atoms with Gasteiger partial charge in [-0.3, -0.25) is 0 Å². The van der Waals surface area contributed by atoms with Gasteiger partial charge < -0.3 is 0 Å². The average Bonchev–Trinajstić information content (AvgIpc) is 3.05. The molecule has 0 radical (unpaired) electrons. The molecule has 0 unspecified atom stereocenters. The van der Waals surface area contributed by atoms with Gasteiger partial charge in [0.25, 0.3) is 0 Å². The van der Waals surface area contributed by atoms with Crippen LogP contribution in [0.1, 0.15) is 112 Å². The average molecular weight is 436 g/mol. The molecule has 30 heavy (non-hydrogen) atoms. The van der Waals surface area contributed by atoms with Gasteiger partial charge in [-0.25, -0.2) is 0 Å². The molecule has 4 saturated carbocycles. The summed E-state index contributed by atoms with van der Waals surface area (Å²) in [5, 5.41) is 3.73. The van der Waals surface area contributed by atoms with Crippen molar-refractivity contribution in [1.82, 2.24) is 0 Å². The zero-order valence-electron chi connectivity index (χ0n) is 20.3. The Kier molecular flexibility index (Phi) is 6.42. The Bertz CT molecular complexity index is 636. The van der Waals surface area contributed by atoms with Crippen molar-refractivity contribution in [3.8, 4) is 0 Å². The number of rotatable bonds is 6. The summed E-state index contributed by atoms with van der Waals surface area (Å²) in [6.07, 6.45) is 15.4. The lowest BCUT2D eigenvalue weighted by Crippen LogP contribution is -2.60. The summed E-state index contributed by atoms with van der Waals surface area (Å²) in [6.45, 7) is 12.3. The van der Waals surface area contributed by atoms with Crippen LogP contribution in [0.4, 0.5) is 0 Å². The minimum atomic E-state index is -0.853. The van der Waals surface area contributed by atoms with Gasteiger partial charge in [0.05, 0.1) is 0 Å². The lowest BCUT2D eigenvalue weighted by atomic mass is 9.43. The van der Waals surface area contributed by atoms with Gasteiger partial charge in [-0.05, 0) is 96.5 Å². The largest absolute Gasteiger partial charge is 0.179 e. The molecule has 0 amide bonds. The number of halogens is 1. The molecule has 9 atom stereocenters. The molecule has 0 N–H and O–H groups in total. The van der Waals surface area contributed by atoms with Crippen LogP contribution in [0.15, 0.2) is 5.18 Å². The molecule has 4 rings (SSSR count).